The van der Waals surface area contributed by atoms with Crippen LogP contribution in [0.4, 0.5) is 13.2 Å². The molecule has 1 aromatic carbocycles. The lowest BCUT2D eigenvalue weighted by Crippen LogP contribution is -2.39. The van der Waals surface area contributed by atoms with Gasteiger partial charge in [0, 0.05) is 32.3 Å². The summed E-state index contributed by atoms with van der Waals surface area (Å²) in [4.78, 5) is 12.1. The van der Waals surface area contributed by atoms with E-state index < -0.39 is 23.9 Å². The summed E-state index contributed by atoms with van der Waals surface area (Å²) < 4.78 is 49.2. The van der Waals surface area contributed by atoms with E-state index in [2.05, 4.69) is 10.6 Å². The maximum atomic E-state index is 12.9. The van der Waals surface area contributed by atoms with Crippen LogP contribution in [-0.4, -0.2) is 45.5 Å². The Morgan fingerprint density at radius 1 is 1.29 bits per heavy atom. The van der Waals surface area contributed by atoms with Gasteiger partial charge >= 0.3 is 6.18 Å². The van der Waals surface area contributed by atoms with Gasteiger partial charge in [-0.3, -0.25) is 4.79 Å². The molecule has 2 N–H and O–H groups in total. The fourth-order valence-electron chi connectivity index (χ4n) is 2.64. The highest BCUT2D eigenvalue weighted by Gasteiger charge is 2.49. The minimum atomic E-state index is -4.38. The molecule has 1 amide bonds. The second-order valence-corrected chi connectivity index (χ2v) is 5.58. The Hall–Kier alpha value is -1.80. The molecule has 1 aliphatic heterocycles. The molecule has 1 heterocycles. The first-order valence-electron chi connectivity index (χ1n) is 7.68. The summed E-state index contributed by atoms with van der Waals surface area (Å²) in [5.41, 5.74) is 0.705. The van der Waals surface area contributed by atoms with Crippen LogP contribution in [0.2, 0.25) is 0 Å². The molecule has 0 aliphatic carbocycles. The summed E-state index contributed by atoms with van der Waals surface area (Å²) in [5, 5.41) is 5.22. The Balaban J connectivity index is 1.94. The van der Waals surface area contributed by atoms with Crippen LogP contribution in [0.15, 0.2) is 24.3 Å². The van der Waals surface area contributed by atoms with E-state index in [4.69, 9.17) is 9.47 Å². The summed E-state index contributed by atoms with van der Waals surface area (Å²) >= 11 is 0. The van der Waals surface area contributed by atoms with Crippen LogP contribution in [0, 0.1) is 11.8 Å². The molecule has 0 saturated carbocycles. The van der Waals surface area contributed by atoms with Crippen molar-refractivity contribution in [3.8, 4) is 5.75 Å². The van der Waals surface area contributed by atoms with Crippen molar-refractivity contribution in [3.63, 3.8) is 0 Å². The van der Waals surface area contributed by atoms with Crippen molar-refractivity contribution in [1.29, 1.82) is 0 Å². The van der Waals surface area contributed by atoms with Gasteiger partial charge < -0.3 is 20.1 Å². The van der Waals surface area contributed by atoms with Crippen LogP contribution in [0.25, 0.3) is 0 Å². The first-order chi connectivity index (χ1) is 11.4. The quantitative estimate of drug-likeness (QED) is 0.738. The molecule has 24 heavy (non-hydrogen) atoms. The SMILES string of the molecule is COCCOc1ccccc1CNC(=O)[C@@H]1CNC[C@H]1C(F)(F)F. The third-order valence-corrected chi connectivity index (χ3v) is 3.94. The minimum Gasteiger partial charge on any atom is -0.491 e. The average Bonchev–Trinajstić information content (AvgIpc) is 3.04. The molecule has 0 aromatic heterocycles. The highest BCUT2D eigenvalue weighted by Crippen LogP contribution is 2.34. The molecule has 1 aromatic rings. The highest BCUT2D eigenvalue weighted by atomic mass is 19.4. The fraction of sp³-hybridized carbons (Fsp3) is 0.562. The van der Waals surface area contributed by atoms with E-state index in [1.807, 2.05) is 0 Å². The van der Waals surface area contributed by atoms with Crippen molar-refractivity contribution < 1.29 is 27.4 Å². The van der Waals surface area contributed by atoms with Gasteiger partial charge in [0.05, 0.1) is 18.4 Å². The number of methoxy groups -OCH3 is 1. The zero-order valence-corrected chi connectivity index (χ0v) is 13.4. The van der Waals surface area contributed by atoms with Crippen molar-refractivity contribution >= 4 is 5.91 Å². The number of benzene rings is 1. The number of hydrogen-bond acceptors (Lipinski definition) is 4. The first-order valence-corrected chi connectivity index (χ1v) is 7.68. The van der Waals surface area contributed by atoms with Crippen LogP contribution in [0.5, 0.6) is 5.75 Å². The lowest BCUT2D eigenvalue weighted by molar-refractivity contribution is -0.182. The van der Waals surface area contributed by atoms with E-state index in [0.717, 1.165) is 0 Å². The van der Waals surface area contributed by atoms with Gasteiger partial charge in [0.1, 0.15) is 12.4 Å². The molecule has 0 radical (unpaired) electrons. The molecular weight excluding hydrogens is 325 g/mol. The van der Waals surface area contributed by atoms with Gasteiger partial charge in [0.25, 0.3) is 0 Å². The summed E-state index contributed by atoms with van der Waals surface area (Å²) in [6.07, 6.45) is -4.38. The molecule has 1 fully saturated rings. The predicted molar refractivity (Wildman–Crippen MR) is 81.6 cm³/mol. The van der Waals surface area contributed by atoms with E-state index in [-0.39, 0.29) is 19.6 Å². The molecule has 0 bridgehead atoms. The van der Waals surface area contributed by atoms with E-state index in [1.165, 1.54) is 0 Å². The topological polar surface area (TPSA) is 59.6 Å². The normalized spacial score (nSPS) is 20.8. The van der Waals surface area contributed by atoms with Crippen LogP contribution in [0.3, 0.4) is 0 Å². The van der Waals surface area contributed by atoms with Gasteiger partial charge in [-0.25, -0.2) is 0 Å². The number of carbonyl (C=O) groups excluding carboxylic acids is 1. The standard InChI is InChI=1S/C16H21F3N2O3/c1-23-6-7-24-14-5-3-2-4-11(14)8-21-15(22)12-9-20-10-13(12)16(17,18)19/h2-5,12-13,20H,6-10H2,1H3,(H,21,22)/t12-,13-/m1/s1. The minimum absolute atomic E-state index is 0.0298. The summed E-state index contributed by atoms with van der Waals surface area (Å²) in [6, 6.07) is 7.07. The second kappa shape index (κ2) is 8.34. The number of nitrogens with one attached hydrogen (secondary N) is 2. The molecule has 8 heteroatoms. The number of carbonyl (C=O) groups is 1. The highest BCUT2D eigenvalue weighted by molar-refractivity contribution is 5.79. The van der Waals surface area contributed by atoms with E-state index in [9.17, 15) is 18.0 Å². The number of rotatable bonds is 7. The van der Waals surface area contributed by atoms with Crippen molar-refractivity contribution in [1.82, 2.24) is 10.6 Å². The molecule has 1 aliphatic rings. The number of hydrogen-bond donors (Lipinski definition) is 2. The van der Waals surface area contributed by atoms with E-state index >= 15 is 0 Å². The number of ether oxygens (including phenoxy) is 2. The Labute approximate surface area is 138 Å². The predicted octanol–water partition coefficient (Wildman–Crippen LogP) is 1.73. The monoisotopic (exact) mass is 346 g/mol. The van der Waals surface area contributed by atoms with E-state index in [1.54, 1.807) is 31.4 Å². The largest absolute Gasteiger partial charge is 0.491 e. The summed E-state index contributed by atoms with van der Waals surface area (Å²) in [6.45, 7) is 0.690. The lowest BCUT2D eigenvalue weighted by atomic mass is 9.94. The Morgan fingerprint density at radius 3 is 2.75 bits per heavy atom. The molecule has 2 rings (SSSR count). The van der Waals surface area contributed by atoms with Gasteiger partial charge in [-0.2, -0.15) is 13.2 Å². The van der Waals surface area contributed by atoms with Gasteiger partial charge in [-0.1, -0.05) is 18.2 Å². The number of halogens is 3. The Bertz CT molecular complexity index is 552. The maximum Gasteiger partial charge on any atom is 0.393 e. The molecule has 1 saturated heterocycles. The molecule has 134 valence electrons. The van der Waals surface area contributed by atoms with Crippen molar-refractivity contribution in [3.05, 3.63) is 29.8 Å². The summed E-state index contributed by atoms with van der Waals surface area (Å²) in [7, 11) is 1.56. The third-order valence-electron chi connectivity index (χ3n) is 3.94. The zero-order valence-electron chi connectivity index (χ0n) is 13.4. The van der Waals surface area contributed by atoms with Gasteiger partial charge in [-0.15, -0.1) is 0 Å². The smallest absolute Gasteiger partial charge is 0.393 e. The van der Waals surface area contributed by atoms with Gasteiger partial charge in [0.2, 0.25) is 5.91 Å². The van der Waals surface area contributed by atoms with Crippen LogP contribution >= 0.6 is 0 Å². The second-order valence-electron chi connectivity index (χ2n) is 5.58. The number of alkyl halides is 3. The third kappa shape index (κ3) is 4.85. The zero-order chi connectivity index (χ0) is 17.6. The van der Waals surface area contributed by atoms with Crippen LogP contribution in [-0.2, 0) is 16.1 Å². The van der Waals surface area contributed by atoms with E-state index in [0.29, 0.717) is 24.5 Å². The number of para-hydroxylation sites is 1. The summed E-state index contributed by atoms with van der Waals surface area (Å²) in [5.74, 6) is -2.78. The number of amides is 1. The van der Waals surface area contributed by atoms with Crippen LogP contribution in [0.1, 0.15) is 5.56 Å². The fourth-order valence-corrected chi connectivity index (χ4v) is 2.64. The molecule has 0 spiro atoms. The average molecular weight is 346 g/mol. The van der Waals surface area contributed by atoms with Gasteiger partial charge in [-0.05, 0) is 6.07 Å². The van der Waals surface area contributed by atoms with Crippen molar-refractivity contribution in [2.24, 2.45) is 11.8 Å². The molecule has 5 nitrogen and oxygen atoms in total. The van der Waals surface area contributed by atoms with Crippen LogP contribution < -0.4 is 15.4 Å². The van der Waals surface area contributed by atoms with Crippen molar-refractivity contribution in [2.45, 2.75) is 12.7 Å². The molecule has 0 unspecified atom stereocenters. The van der Waals surface area contributed by atoms with Crippen molar-refractivity contribution in [2.75, 3.05) is 33.4 Å². The molecular formula is C16H21F3N2O3. The maximum absolute atomic E-state index is 12.9. The Morgan fingerprint density at radius 2 is 2.04 bits per heavy atom. The van der Waals surface area contributed by atoms with Gasteiger partial charge in [0.15, 0.2) is 0 Å². The first kappa shape index (κ1) is 18.5. The Kier molecular flexibility index (Phi) is 6.44. The lowest BCUT2D eigenvalue weighted by Gasteiger charge is -2.21. The molecule has 2 atom stereocenters.